The summed E-state index contributed by atoms with van der Waals surface area (Å²) in [6.07, 6.45) is 18.5. The van der Waals surface area contributed by atoms with Gasteiger partial charge in [0.05, 0.1) is 0 Å². The van der Waals surface area contributed by atoms with Gasteiger partial charge in [0.1, 0.15) is 0 Å². The van der Waals surface area contributed by atoms with Crippen molar-refractivity contribution in [3.8, 4) is 0 Å². The minimum Gasteiger partial charge on any atom is -0.374 e. The molecule has 0 aromatic carbocycles. The summed E-state index contributed by atoms with van der Waals surface area (Å²) in [6.45, 7) is 4.61. The Bertz CT molecular complexity index is 194. The monoisotopic (exact) mass is 207 g/mol. The highest BCUT2D eigenvalue weighted by molar-refractivity contribution is 5.08. The van der Waals surface area contributed by atoms with E-state index in [-0.39, 0.29) is 0 Å². The van der Waals surface area contributed by atoms with Crippen LogP contribution in [0.15, 0.2) is 24.4 Å². The summed E-state index contributed by atoms with van der Waals surface area (Å²) in [5.74, 6) is 0. The molecule has 1 heterocycles. The third-order valence-corrected chi connectivity index (χ3v) is 2.93. The van der Waals surface area contributed by atoms with Crippen LogP contribution < -0.4 is 0 Å². The lowest BCUT2D eigenvalue weighted by molar-refractivity contribution is 0.392. The van der Waals surface area contributed by atoms with Crippen molar-refractivity contribution < 1.29 is 0 Å². The second-order valence-corrected chi connectivity index (χ2v) is 4.39. The minimum atomic E-state index is 1.10. The summed E-state index contributed by atoms with van der Waals surface area (Å²) in [7, 11) is 0. The highest BCUT2D eigenvalue weighted by Crippen LogP contribution is 2.08. The molecule has 0 spiro atoms. The zero-order valence-electron chi connectivity index (χ0n) is 10.1. The maximum Gasteiger partial charge on any atom is 0.0357 e. The van der Waals surface area contributed by atoms with Crippen molar-refractivity contribution >= 4 is 0 Å². The summed E-state index contributed by atoms with van der Waals surface area (Å²) >= 11 is 0. The second-order valence-electron chi connectivity index (χ2n) is 4.39. The first-order chi connectivity index (χ1) is 7.43. The number of hydrogen-bond donors (Lipinski definition) is 0. The predicted molar refractivity (Wildman–Crippen MR) is 67.8 cm³/mol. The zero-order chi connectivity index (χ0) is 10.8. The number of allylic oxidation sites excluding steroid dienone is 2. The molecule has 0 aromatic rings. The van der Waals surface area contributed by atoms with Gasteiger partial charge in [-0.25, -0.2) is 0 Å². The largest absolute Gasteiger partial charge is 0.374 e. The van der Waals surface area contributed by atoms with E-state index >= 15 is 0 Å². The van der Waals surface area contributed by atoms with Crippen molar-refractivity contribution in [2.24, 2.45) is 0 Å². The normalized spacial score (nSPS) is 14.9. The molecular weight excluding hydrogens is 182 g/mol. The molecule has 0 amide bonds. The van der Waals surface area contributed by atoms with E-state index in [1.54, 1.807) is 0 Å². The number of rotatable bonds is 8. The Morgan fingerprint density at radius 3 is 2.33 bits per heavy atom. The molecule has 0 fully saturated rings. The Balaban J connectivity index is 1.84. The molecule has 86 valence electrons. The molecule has 0 aliphatic carbocycles. The van der Waals surface area contributed by atoms with Crippen LogP contribution in [0.1, 0.15) is 51.9 Å². The first-order valence-corrected chi connectivity index (χ1v) is 6.51. The molecule has 0 aromatic heterocycles. The minimum absolute atomic E-state index is 1.10. The van der Waals surface area contributed by atoms with E-state index < -0.39 is 0 Å². The Morgan fingerprint density at radius 2 is 1.67 bits per heavy atom. The average Bonchev–Trinajstić information content (AvgIpc) is 2.29. The summed E-state index contributed by atoms with van der Waals surface area (Å²) < 4.78 is 0. The van der Waals surface area contributed by atoms with Crippen LogP contribution in [0.3, 0.4) is 0 Å². The van der Waals surface area contributed by atoms with Crippen molar-refractivity contribution in [3.63, 3.8) is 0 Å². The van der Waals surface area contributed by atoms with Gasteiger partial charge in [-0.05, 0) is 18.7 Å². The van der Waals surface area contributed by atoms with E-state index in [0.717, 1.165) is 6.54 Å². The summed E-state index contributed by atoms with van der Waals surface area (Å²) in [5.41, 5.74) is 0. The lowest BCUT2D eigenvalue weighted by Gasteiger charge is -2.20. The van der Waals surface area contributed by atoms with E-state index in [0.29, 0.717) is 0 Å². The first-order valence-electron chi connectivity index (χ1n) is 6.51. The van der Waals surface area contributed by atoms with E-state index in [1.165, 1.54) is 51.5 Å². The van der Waals surface area contributed by atoms with Gasteiger partial charge in [-0.1, -0.05) is 57.6 Å². The lowest BCUT2D eigenvalue weighted by Crippen LogP contribution is -2.19. The SMILES string of the molecule is CCCCCCCCCN1C=CC=CC1. The summed E-state index contributed by atoms with van der Waals surface area (Å²) in [4.78, 5) is 2.39. The van der Waals surface area contributed by atoms with Gasteiger partial charge in [-0.15, -0.1) is 0 Å². The molecule has 1 aliphatic heterocycles. The van der Waals surface area contributed by atoms with Crippen molar-refractivity contribution in [1.29, 1.82) is 0 Å². The molecule has 1 rings (SSSR count). The van der Waals surface area contributed by atoms with Gasteiger partial charge < -0.3 is 4.90 Å². The van der Waals surface area contributed by atoms with Crippen LogP contribution in [-0.2, 0) is 0 Å². The molecule has 0 unspecified atom stereocenters. The smallest absolute Gasteiger partial charge is 0.0357 e. The van der Waals surface area contributed by atoms with Crippen LogP contribution >= 0.6 is 0 Å². The standard InChI is InChI=1S/C14H25N/c1-2-3-4-5-6-7-9-12-15-13-10-8-11-14-15/h8,10-11,13H,2-7,9,12,14H2,1H3. The van der Waals surface area contributed by atoms with Crippen LogP contribution in [0.2, 0.25) is 0 Å². The Morgan fingerprint density at radius 1 is 0.933 bits per heavy atom. The molecule has 1 heteroatoms. The molecule has 0 bridgehead atoms. The molecule has 0 radical (unpaired) electrons. The highest BCUT2D eigenvalue weighted by atomic mass is 15.1. The van der Waals surface area contributed by atoms with Crippen molar-refractivity contribution in [2.45, 2.75) is 51.9 Å². The van der Waals surface area contributed by atoms with Gasteiger partial charge in [0.15, 0.2) is 0 Å². The van der Waals surface area contributed by atoms with E-state index in [1.807, 2.05) is 0 Å². The maximum atomic E-state index is 2.39. The molecular formula is C14H25N. The van der Waals surface area contributed by atoms with Crippen molar-refractivity contribution in [3.05, 3.63) is 24.4 Å². The Labute approximate surface area is 94.9 Å². The molecule has 0 saturated heterocycles. The number of nitrogens with zero attached hydrogens (tertiary/aromatic N) is 1. The second kappa shape index (κ2) is 8.58. The lowest BCUT2D eigenvalue weighted by atomic mass is 10.1. The molecule has 0 saturated carbocycles. The predicted octanol–water partition coefficient (Wildman–Crippen LogP) is 4.12. The first kappa shape index (κ1) is 12.4. The summed E-state index contributed by atoms with van der Waals surface area (Å²) in [6, 6.07) is 0. The molecule has 1 nitrogen and oxygen atoms in total. The Kier molecular flexibility index (Phi) is 7.06. The molecule has 0 N–H and O–H groups in total. The van der Waals surface area contributed by atoms with Gasteiger partial charge >= 0.3 is 0 Å². The van der Waals surface area contributed by atoms with Gasteiger partial charge in [0, 0.05) is 13.1 Å². The fourth-order valence-electron chi connectivity index (χ4n) is 1.94. The van der Waals surface area contributed by atoms with E-state index in [2.05, 4.69) is 36.3 Å². The van der Waals surface area contributed by atoms with Crippen molar-refractivity contribution in [2.75, 3.05) is 13.1 Å². The van der Waals surface area contributed by atoms with Gasteiger partial charge in [-0.2, -0.15) is 0 Å². The van der Waals surface area contributed by atoms with Crippen LogP contribution in [0.25, 0.3) is 0 Å². The molecule has 1 aliphatic rings. The Hall–Kier alpha value is -0.720. The van der Waals surface area contributed by atoms with Gasteiger partial charge in [0.2, 0.25) is 0 Å². The fraction of sp³-hybridized carbons (Fsp3) is 0.714. The van der Waals surface area contributed by atoms with Crippen LogP contribution in [0.5, 0.6) is 0 Å². The van der Waals surface area contributed by atoms with Crippen LogP contribution in [0, 0.1) is 0 Å². The van der Waals surface area contributed by atoms with E-state index in [4.69, 9.17) is 0 Å². The summed E-state index contributed by atoms with van der Waals surface area (Å²) in [5, 5.41) is 0. The van der Waals surface area contributed by atoms with Gasteiger partial charge in [0.25, 0.3) is 0 Å². The van der Waals surface area contributed by atoms with Crippen LogP contribution in [-0.4, -0.2) is 18.0 Å². The highest BCUT2D eigenvalue weighted by Gasteiger charge is 1.98. The van der Waals surface area contributed by atoms with E-state index in [9.17, 15) is 0 Å². The maximum absolute atomic E-state index is 2.39. The topological polar surface area (TPSA) is 3.24 Å². The average molecular weight is 207 g/mol. The molecule has 0 atom stereocenters. The van der Waals surface area contributed by atoms with Gasteiger partial charge in [-0.3, -0.25) is 0 Å². The third kappa shape index (κ3) is 6.38. The number of hydrogen-bond acceptors (Lipinski definition) is 1. The quantitative estimate of drug-likeness (QED) is 0.541. The van der Waals surface area contributed by atoms with Crippen molar-refractivity contribution in [1.82, 2.24) is 4.90 Å². The zero-order valence-corrected chi connectivity index (χ0v) is 10.1. The fourth-order valence-corrected chi connectivity index (χ4v) is 1.94. The third-order valence-electron chi connectivity index (χ3n) is 2.93. The van der Waals surface area contributed by atoms with Crippen LogP contribution in [0.4, 0.5) is 0 Å². The number of unbranched alkanes of at least 4 members (excludes halogenated alkanes) is 6. The molecule has 15 heavy (non-hydrogen) atoms.